The Kier molecular flexibility index (Phi) is 2.33. The molecule has 3 rings (SSSR count). The second-order valence-electron chi connectivity index (χ2n) is 4.69. The van der Waals surface area contributed by atoms with E-state index in [1.165, 1.54) is 0 Å². The highest BCUT2D eigenvalue weighted by Gasteiger charge is 2.31. The molecule has 94 valence electrons. The Balaban J connectivity index is 2.35. The molecule has 1 heterocycles. The van der Waals surface area contributed by atoms with E-state index in [1.54, 1.807) is 20.1 Å². The molecule has 1 aromatic heterocycles. The number of hydrogen-bond donors (Lipinski definition) is 1. The molecule has 0 amide bonds. The minimum atomic E-state index is -1.02. The highest BCUT2D eigenvalue weighted by atomic mass is 16.5. The summed E-state index contributed by atoms with van der Waals surface area (Å²) in [7, 11) is 1.64. The molecule has 0 radical (unpaired) electrons. The van der Waals surface area contributed by atoms with Gasteiger partial charge >= 0.3 is 5.97 Å². The zero-order valence-electron chi connectivity index (χ0n) is 10.3. The van der Waals surface area contributed by atoms with Gasteiger partial charge in [-0.25, -0.2) is 4.79 Å². The average Bonchev–Trinajstić information content (AvgIpc) is 3.13. The number of ether oxygens (including phenoxy) is 1. The molecule has 1 aromatic carbocycles. The summed E-state index contributed by atoms with van der Waals surface area (Å²) in [6, 6.07) is 3.63. The van der Waals surface area contributed by atoms with E-state index in [2.05, 4.69) is 0 Å². The molecule has 0 atom stereocenters. The maximum atomic E-state index is 11.1. The van der Waals surface area contributed by atoms with Crippen molar-refractivity contribution in [2.75, 3.05) is 7.11 Å². The third-order valence-electron chi connectivity index (χ3n) is 3.49. The van der Waals surface area contributed by atoms with E-state index in [-0.39, 0.29) is 5.76 Å². The van der Waals surface area contributed by atoms with Gasteiger partial charge in [-0.2, -0.15) is 0 Å². The first-order valence-corrected chi connectivity index (χ1v) is 5.96. The first-order valence-electron chi connectivity index (χ1n) is 5.96. The number of carboxylic acid groups (broad SMARTS) is 1. The summed E-state index contributed by atoms with van der Waals surface area (Å²) in [6.07, 6.45) is 2.25. The van der Waals surface area contributed by atoms with Gasteiger partial charge in [0.05, 0.1) is 7.11 Å². The molecule has 1 aliphatic carbocycles. The van der Waals surface area contributed by atoms with E-state index >= 15 is 0 Å². The van der Waals surface area contributed by atoms with Crippen molar-refractivity contribution in [2.45, 2.75) is 25.7 Å². The summed E-state index contributed by atoms with van der Waals surface area (Å²) in [5.41, 5.74) is 2.43. The summed E-state index contributed by atoms with van der Waals surface area (Å²) >= 11 is 0. The summed E-state index contributed by atoms with van der Waals surface area (Å²) in [5, 5.41) is 10.0. The monoisotopic (exact) mass is 246 g/mol. The number of rotatable bonds is 3. The van der Waals surface area contributed by atoms with Gasteiger partial charge < -0.3 is 14.3 Å². The maximum Gasteiger partial charge on any atom is 0.372 e. The Bertz CT molecular complexity index is 635. The van der Waals surface area contributed by atoms with Gasteiger partial charge in [0.1, 0.15) is 11.3 Å². The van der Waals surface area contributed by atoms with Crippen LogP contribution in [0.2, 0.25) is 0 Å². The molecule has 1 saturated carbocycles. The molecule has 0 unspecified atom stereocenters. The van der Waals surface area contributed by atoms with Crippen LogP contribution < -0.4 is 4.74 Å². The quantitative estimate of drug-likeness (QED) is 0.902. The first-order chi connectivity index (χ1) is 8.63. The fourth-order valence-electron chi connectivity index (χ4n) is 2.51. The van der Waals surface area contributed by atoms with Gasteiger partial charge in [-0.3, -0.25) is 0 Å². The topological polar surface area (TPSA) is 59.7 Å². The fraction of sp³-hybridized carbons (Fsp3) is 0.357. The molecule has 0 aliphatic heterocycles. The number of hydrogen-bond acceptors (Lipinski definition) is 3. The van der Waals surface area contributed by atoms with Crippen molar-refractivity contribution in [3.63, 3.8) is 0 Å². The zero-order chi connectivity index (χ0) is 12.9. The van der Waals surface area contributed by atoms with Crippen molar-refractivity contribution in [1.29, 1.82) is 0 Å². The summed E-state index contributed by atoms with van der Waals surface area (Å²) < 4.78 is 10.8. The van der Waals surface area contributed by atoms with Crippen LogP contribution in [0.5, 0.6) is 5.75 Å². The molecule has 18 heavy (non-hydrogen) atoms. The number of carbonyl (C=O) groups is 1. The molecule has 4 nitrogen and oxygen atoms in total. The predicted octanol–water partition coefficient (Wildman–Crippen LogP) is 3.33. The van der Waals surface area contributed by atoms with E-state index in [0.717, 1.165) is 29.5 Å². The zero-order valence-corrected chi connectivity index (χ0v) is 10.3. The van der Waals surface area contributed by atoms with Crippen molar-refractivity contribution in [3.8, 4) is 5.75 Å². The minimum Gasteiger partial charge on any atom is -0.496 e. The lowest BCUT2D eigenvalue weighted by atomic mass is 10.0. The smallest absolute Gasteiger partial charge is 0.372 e. The molecule has 1 aliphatic rings. The van der Waals surface area contributed by atoms with E-state index in [0.29, 0.717) is 17.1 Å². The fourth-order valence-corrected chi connectivity index (χ4v) is 2.51. The van der Waals surface area contributed by atoms with Gasteiger partial charge in [0.15, 0.2) is 0 Å². The number of aromatic carboxylic acids is 1. The van der Waals surface area contributed by atoms with Crippen LogP contribution in [0.15, 0.2) is 16.5 Å². The van der Waals surface area contributed by atoms with Gasteiger partial charge in [-0.15, -0.1) is 0 Å². The van der Waals surface area contributed by atoms with Gasteiger partial charge in [-0.1, -0.05) is 0 Å². The summed E-state index contributed by atoms with van der Waals surface area (Å²) in [6.45, 7) is 1.79. The van der Waals surface area contributed by atoms with Crippen LogP contribution in [-0.2, 0) is 0 Å². The largest absolute Gasteiger partial charge is 0.496 e. The molecule has 0 saturated heterocycles. The van der Waals surface area contributed by atoms with Crippen LogP contribution >= 0.6 is 0 Å². The molecule has 2 aromatic rings. The lowest BCUT2D eigenvalue weighted by molar-refractivity contribution is 0.0664. The normalized spacial score (nSPS) is 15.0. The minimum absolute atomic E-state index is 0.0279. The summed E-state index contributed by atoms with van der Waals surface area (Å²) in [4.78, 5) is 11.1. The van der Waals surface area contributed by atoms with Crippen LogP contribution in [0.1, 0.15) is 40.4 Å². The van der Waals surface area contributed by atoms with E-state index in [4.69, 9.17) is 14.3 Å². The molecular weight excluding hydrogens is 232 g/mol. The maximum absolute atomic E-state index is 11.1. The van der Waals surface area contributed by atoms with Crippen molar-refractivity contribution >= 4 is 16.9 Å². The van der Waals surface area contributed by atoms with Crippen LogP contribution in [0.3, 0.4) is 0 Å². The van der Waals surface area contributed by atoms with Gasteiger partial charge in [0.25, 0.3) is 0 Å². The molecular formula is C14H14O4. The van der Waals surface area contributed by atoms with Crippen molar-refractivity contribution in [2.24, 2.45) is 0 Å². The Labute approximate surface area is 104 Å². The summed E-state index contributed by atoms with van der Waals surface area (Å²) in [5.74, 6) is 0.303. The van der Waals surface area contributed by atoms with Gasteiger partial charge in [0.2, 0.25) is 5.76 Å². The van der Waals surface area contributed by atoms with Crippen LogP contribution in [0, 0.1) is 6.92 Å². The second-order valence-corrected chi connectivity index (χ2v) is 4.69. The number of furan rings is 1. The van der Waals surface area contributed by atoms with Crippen molar-refractivity contribution in [3.05, 3.63) is 29.0 Å². The molecule has 4 heteroatoms. The highest BCUT2D eigenvalue weighted by molar-refractivity contribution is 5.97. The molecule has 1 fully saturated rings. The van der Waals surface area contributed by atoms with Gasteiger partial charge in [-0.05, 0) is 37.8 Å². The number of carboxylic acids is 1. The van der Waals surface area contributed by atoms with Gasteiger partial charge in [0, 0.05) is 16.5 Å². The Morgan fingerprint density at radius 3 is 2.72 bits per heavy atom. The second kappa shape index (κ2) is 3.77. The first kappa shape index (κ1) is 11.1. The molecule has 1 N–H and O–H groups in total. The SMILES string of the molecule is COc1ccc2oc(C(=O)O)c(C)c2c1C1CC1. The number of aryl methyl sites for hydroxylation is 1. The van der Waals surface area contributed by atoms with Crippen molar-refractivity contribution < 1.29 is 19.1 Å². The van der Waals surface area contributed by atoms with Crippen LogP contribution in [0.25, 0.3) is 11.0 Å². The molecule has 0 spiro atoms. The lowest BCUT2D eigenvalue weighted by Gasteiger charge is -2.08. The third kappa shape index (κ3) is 1.49. The van der Waals surface area contributed by atoms with E-state index in [1.807, 2.05) is 6.07 Å². The van der Waals surface area contributed by atoms with Crippen LogP contribution in [-0.4, -0.2) is 18.2 Å². The average molecular weight is 246 g/mol. The third-order valence-corrected chi connectivity index (χ3v) is 3.49. The van der Waals surface area contributed by atoms with E-state index < -0.39 is 5.97 Å². The highest BCUT2D eigenvalue weighted by Crippen LogP contribution is 2.49. The number of methoxy groups -OCH3 is 1. The van der Waals surface area contributed by atoms with E-state index in [9.17, 15) is 4.79 Å². The molecule has 0 bridgehead atoms. The van der Waals surface area contributed by atoms with Crippen LogP contribution in [0.4, 0.5) is 0 Å². The Hall–Kier alpha value is -1.97. The van der Waals surface area contributed by atoms with Crippen molar-refractivity contribution in [1.82, 2.24) is 0 Å². The Morgan fingerprint density at radius 1 is 1.44 bits per heavy atom. The lowest BCUT2D eigenvalue weighted by Crippen LogP contribution is -1.96. The number of fused-ring (bicyclic) bond motifs is 1. The standard InChI is InChI=1S/C14H14O4/c1-7-11-10(18-13(7)14(15)16)6-5-9(17-2)12(11)8-3-4-8/h5-6,8H,3-4H2,1-2H3,(H,15,16). The Morgan fingerprint density at radius 2 is 2.17 bits per heavy atom. The number of benzene rings is 1. The predicted molar refractivity (Wildman–Crippen MR) is 66.4 cm³/mol.